The largest absolute Gasteiger partial charge is 0.356 e. The van der Waals surface area contributed by atoms with E-state index in [0.29, 0.717) is 18.0 Å². The van der Waals surface area contributed by atoms with Crippen LogP contribution in [0, 0.1) is 0 Å². The molecule has 3 amide bonds. The van der Waals surface area contributed by atoms with Gasteiger partial charge in [-0.3, -0.25) is 19.6 Å². The van der Waals surface area contributed by atoms with Gasteiger partial charge in [-0.25, -0.2) is 5.06 Å². The molecule has 0 aliphatic carbocycles. The van der Waals surface area contributed by atoms with Crippen LogP contribution in [0.15, 0.2) is 0 Å². The third kappa shape index (κ3) is 12.9. The molecule has 140 valence electrons. The predicted molar refractivity (Wildman–Crippen MR) is 92.4 cm³/mol. The van der Waals surface area contributed by atoms with Gasteiger partial charge in [-0.15, -0.1) is 0 Å². The van der Waals surface area contributed by atoms with E-state index in [1.54, 1.807) is 0 Å². The zero-order valence-electron chi connectivity index (χ0n) is 15.3. The summed E-state index contributed by atoms with van der Waals surface area (Å²) in [7, 11) is 0. The van der Waals surface area contributed by atoms with Crippen LogP contribution in [0.2, 0.25) is 0 Å². The van der Waals surface area contributed by atoms with Crippen molar-refractivity contribution < 1.29 is 19.6 Å². The van der Waals surface area contributed by atoms with Gasteiger partial charge < -0.3 is 10.6 Å². The van der Waals surface area contributed by atoms with Crippen molar-refractivity contribution in [2.45, 2.75) is 78.2 Å². The Morgan fingerprint density at radius 2 is 1.79 bits per heavy atom. The summed E-state index contributed by atoms with van der Waals surface area (Å²) < 4.78 is 0. The zero-order valence-corrected chi connectivity index (χ0v) is 15.3. The molecule has 0 spiro atoms. The number of carbonyl (C=O) groups is 3. The Labute approximate surface area is 145 Å². The second-order valence-corrected chi connectivity index (χ2v) is 6.17. The molecule has 0 rings (SSSR count). The van der Waals surface area contributed by atoms with E-state index >= 15 is 0 Å². The molecule has 0 bridgehead atoms. The Morgan fingerprint density at radius 1 is 1.08 bits per heavy atom. The molecular weight excluding hydrogens is 310 g/mol. The molecule has 24 heavy (non-hydrogen) atoms. The fraction of sp³-hybridized carbons (Fsp3) is 0.824. The molecule has 0 aromatic rings. The van der Waals surface area contributed by atoms with Crippen molar-refractivity contribution in [2.24, 2.45) is 0 Å². The molecule has 3 N–H and O–H groups in total. The molecule has 0 radical (unpaired) electrons. The summed E-state index contributed by atoms with van der Waals surface area (Å²) in [6.07, 6.45) is 5.45. The van der Waals surface area contributed by atoms with Gasteiger partial charge in [-0.2, -0.15) is 0 Å². The number of hydrogen-bond acceptors (Lipinski definition) is 4. The molecule has 0 fully saturated rings. The standard InChI is InChI=1S/C17H33N3O4/c1-4-5-9-14(2)19-16(22)10-11-17(23)20(24)13-8-6-7-12-18-15(3)21/h14,24H,4-13H2,1-3H3,(H,18,21)(H,19,22). The van der Waals surface area contributed by atoms with E-state index in [9.17, 15) is 19.6 Å². The summed E-state index contributed by atoms with van der Waals surface area (Å²) in [5, 5.41) is 15.9. The lowest BCUT2D eigenvalue weighted by Crippen LogP contribution is -2.34. The lowest BCUT2D eigenvalue weighted by atomic mass is 10.1. The van der Waals surface area contributed by atoms with E-state index in [0.717, 1.165) is 32.1 Å². The minimum atomic E-state index is -0.437. The first-order chi connectivity index (χ1) is 11.4. The SMILES string of the molecule is CCCCC(C)NC(=O)CCC(=O)N(O)CCCCCNC(C)=O. The van der Waals surface area contributed by atoms with Gasteiger partial charge in [-0.1, -0.05) is 19.8 Å². The predicted octanol–water partition coefficient (Wildman–Crippen LogP) is 1.99. The Hall–Kier alpha value is -1.63. The summed E-state index contributed by atoms with van der Waals surface area (Å²) in [5.41, 5.74) is 0. The van der Waals surface area contributed by atoms with Crippen molar-refractivity contribution in [3.05, 3.63) is 0 Å². The molecule has 0 heterocycles. The highest BCUT2D eigenvalue weighted by Crippen LogP contribution is 2.03. The Balaban J connectivity index is 3.74. The molecule has 0 saturated carbocycles. The molecular formula is C17H33N3O4. The van der Waals surface area contributed by atoms with E-state index in [2.05, 4.69) is 17.6 Å². The van der Waals surface area contributed by atoms with Crippen LogP contribution >= 0.6 is 0 Å². The monoisotopic (exact) mass is 343 g/mol. The maximum atomic E-state index is 11.8. The first kappa shape index (κ1) is 22.4. The van der Waals surface area contributed by atoms with E-state index < -0.39 is 5.91 Å². The van der Waals surface area contributed by atoms with Crippen LogP contribution in [0.3, 0.4) is 0 Å². The average Bonchev–Trinajstić information content (AvgIpc) is 2.53. The van der Waals surface area contributed by atoms with Gasteiger partial charge in [0.2, 0.25) is 17.7 Å². The van der Waals surface area contributed by atoms with Gasteiger partial charge >= 0.3 is 0 Å². The van der Waals surface area contributed by atoms with E-state index in [1.807, 2.05) is 6.92 Å². The van der Waals surface area contributed by atoms with Crippen molar-refractivity contribution >= 4 is 17.7 Å². The topological polar surface area (TPSA) is 98.7 Å². The van der Waals surface area contributed by atoms with Crippen molar-refractivity contribution in [3.8, 4) is 0 Å². The zero-order chi connectivity index (χ0) is 18.4. The minimum absolute atomic E-state index is 0.00865. The van der Waals surface area contributed by atoms with Gasteiger partial charge in [0.1, 0.15) is 0 Å². The highest BCUT2D eigenvalue weighted by Gasteiger charge is 2.14. The van der Waals surface area contributed by atoms with Gasteiger partial charge in [-0.05, 0) is 32.6 Å². The molecule has 0 aliphatic rings. The van der Waals surface area contributed by atoms with Crippen molar-refractivity contribution in [2.75, 3.05) is 13.1 Å². The van der Waals surface area contributed by atoms with Crippen LogP contribution in [0.5, 0.6) is 0 Å². The Morgan fingerprint density at radius 3 is 2.42 bits per heavy atom. The molecule has 0 aromatic carbocycles. The number of rotatable bonds is 13. The summed E-state index contributed by atoms with van der Waals surface area (Å²) in [6, 6.07) is 0.112. The number of amides is 3. The molecule has 1 unspecified atom stereocenters. The number of nitrogens with zero attached hydrogens (tertiary/aromatic N) is 1. The highest BCUT2D eigenvalue weighted by atomic mass is 16.5. The summed E-state index contributed by atoms with van der Waals surface area (Å²) in [5.74, 6) is -0.653. The summed E-state index contributed by atoms with van der Waals surface area (Å²) in [4.78, 5) is 34.2. The van der Waals surface area contributed by atoms with Crippen LogP contribution in [-0.4, -0.2) is 47.1 Å². The molecule has 1 atom stereocenters. The van der Waals surface area contributed by atoms with Crippen LogP contribution in [0.1, 0.15) is 72.1 Å². The summed E-state index contributed by atoms with van der Waals surface area (Å²) in [6.45, 7) is 6.37. The van der Waals surface area contributed by atoms with Crippen LogP contribution in [0.25, 0.3) is 0 Å². The molecule has 0 aromatic heterocycles. The number of hydrogen-bond donors (Lipinski definition) is 3. The second kappa shape index (κ2) is 13.8. The van der Waals surface area contributed by atoms with Gasteiger partial charge in [0.05, 0.1) is 0 Å². The Bertz CT molecular complexity index is 388. The summed E-state index contributed by atoms with van der Waals surface area (Å²) >= 11 is 0. The number of hydroxylamine groups is 2. The average molecular weight is 343 g/mol. The second-order valence-electron chi connectivity index (χ2n) is 6.17. The number of unbranched alkanes of at least 4 members (excludes halogenated alkanes) is 3. The van der Waals surface area contributed by atoms with Crippen molar-refractivity contribution in [1.82, 2.24) is 15.7 Å². The van der Waals surface area contributed by atoms with Crippen molar-refractivity contribution in [1.29, 1.82) is 0 Å². The third-order valence-corrected chi connectivity index (χ3v) is 3.67. The fourth-order valence-corrected chi connectivity index (χ4v) is 2.23. The van der Waals surface area contributed by atoms with Crippen LogP contribution in [-0.2, 0) is 14.4 Å². The van der Waals surface area contributed by atoms with Crippen LogP contribution in [0.4, 0.5) is 0 Å². The maximum Gasteiger partial charge on any atom is 0.246 e. The quantitative estimate of drug-likeness (QED) is 0.270. The number of nitrogens with one attached hydrogen (secondary N) is 2. The van der Waals surface area contributed by atoms with Crippen molar-refractivity contribution in [3.63, 3.8) is 0 Å². The van der Waals surface area contributed by atoms with Gasteiger partial charge in [0.25, 0.3) is 0 Å². The lowest BCUT2D eigenvalue weighted by Gasteiger charge is -2.16. The normalized spacial score (nSPS) is 11.7. The molecule has 0 saturated heterocycles. The lowest BCUT2D eigenvalue weighted by molar-refractivity contribution is -0.166. The Kier molecular flexibility index (Phi) is 12.8. The van der Waals surface area contributed by atoms with E-state index in [-0.39, 0.29) is 37.2 Å². The molecule has 7 nitrogen and oxygen atoms in total. The number of carbonyl (C=O) groups excluding carboxylic acids is 3. The fourth-order valence-electron chi connectivity index (χ4n) is 2.23. The molecule has 0 aliphatic heterocycles. The third-order valence-electron chi connectivity index (χ3n) is 3.67. The molecule has 7 heteroatoms. The van der Waals surface area contributed by atoms with Crippen LogP contribution < -0.4 is 10.6 Å². The smallest absolute Gasteiger partial charge is 0.246 e. The minimum Gasteiger partial charge on any atom is -0.356 e. The van der Waals surface area contributed by atoms with Gasteiger partial charge in [0, 0.05) is 38.9 Å². The van der Waals surface area contributed by atoms with E-state index in [1.165, 1.54) is 6.92 Å². The van der Waals surface area contributed by atoms with Gasteiger partial charge in [0.15, 0.2) is 0 Å². The highest BCUT2D eigenvalue weighted by molar-refractivity contribution is 5.83. The first-order valence-corrected chi connectivity index (χ1v) is 8.89. The van der Waals surface area contributed by atoms with E-state index in [4.69, 9.17) is 0 Å². The first-order valence-electron chi connectivity index (χ1n) is 8.89. The maximum absolute atomic E-state index is 11.8.